The summed E-state index contributed by atoms with van der Waals surface area (Å²) in [7, 11) is 0. The average molecular weight is 206 g/mol. The molecule has 0 aromatic heterocycles. The van der Waals surface area contributed by atoms with Gasteiger partial charge in [0.05, 0.1) is 6.54 Å². The van der Waals surface area contributed by atoms with Crippen LogP contribution in [-0.4, -0.2) is 19.0 Å². The monoisotopic (exact) mass is 206 g/mol. The van der Waals surface area contributed by atoms with E-state index in [0.717, 1.165) is 12.8 Å². The SMILES string of the molecule is CCc1ccc(CCNC(=O)CN)cc1. The standard InChI is InChI=1S/C12H18N2O/c1-2-10-3-5-11(6-4-10)7-8-14-12(15)9-13/h3-6H,2,7-9,13H2,1H3,(H,14,15). The number of rotatable bonds is 5. The Morgan fingerprint density at radius 3 is 2.40 bits per heavy atom. The largest absolute Gasteiger partial charge is 0.355 e. The molecule has 0 saturated heterocycles. The number of hydrogen-bond donors (Lipinski definition) is 2. The number of amides is 1. The third-order valence-corrected chi connectivity index (χ3v) is 2.35. The second-order valence-corrected chi connectivity index (χ2v) is 3.47. The van der Waals surface area contributed by atoms with Crippen LogP contribution in [0.15, 0.2) is 24.3 Å². The van der Waals surface area contributed by atoms with Crippen molar-refractivity contribution in [3.05, 3.63) is 35.4 Å². The molecule has 1 amide bonds. The Kier molecular flexibility index (Phi) is 4.84. The van der Waals surface area contributed by atoms with E-state index in [1.165, 1.54) is 11.1 Å². The molecule has 0 atom stereocenters. The normalized spacial score (nSPS) is 10.0. The second kappa shape index (κ2) is 6.19. The van der Waals surface area contributed by atoms with E-state index in [-0.39, 0.29) is 12.5 Å². The van der Waals surface area contributed by atoms with Crippen LogP contribution in [0.25, 0.3) is 0 Å². The van der Waals surface area contributed by atoms with Gasteiger partial charge in [0.15, 0.2) is 0 Å². The van der Waals surface area contributed by atoms with Gasteiger partial charge in [0.25, 0.3) is 0 Å². The minimum Gasteiger partial charge on any atom is -0.355 e. The molecule has 1 aromatic carbocycles. The fraction of sp³-hybridized carbons (Fsp3) is 0.417. The van der Waals surface area contributed by atoms with Crippen molar-refractivity contribution in [2.24, 2.45) is 5.73 Å². The molecule has 0 aliphatic heterocycles. The molecule has 0 bridgehead atoms. The molecule has 1 aromatic rings. The summed E-state index contributed by atoms with van der Waals surface area (Å²) in [5.41, 5.74) is 7.76. The smallest absolute Gasteiger partial charge is 0.233 e. The van der Waals surface area contributed by atoms with E-state index in [0.29, 0.717) is 6.54 Å². The molecular weight excluding hydrogens is 188 g/mol. The fourth-order valence-corrected chi connectivity index (χ4v) is 1.36. The summed E-state index contributed by atoms with van der Waals surface area (Å²) in [6.07, 6.45) is 1.92. The Bertz CT molecular complexity index is 306. The number of carbonyl (C=O) groups excluding carboxylic acids is 1. The van der Waals surface area contributed by atoms with E-state index in [4.69, 9.17) is 5.73 Å². The summed E-state index contributed by atoms with van der Waals surface area (Å²) in [6.45, 7) is 2.85. The Hall–Kier alpha value is -1.35. The van der Waals surface area contributed by atoms with Crippen LogP contribution in [0, 0.1) is 0 Å². The molecule has 0 fully saturated rings. The van der Waals surface area contributed by atoms with E-state index in [1.54, 1.807) is 0 Å². The molecule has 0 unspecified atom stereocenters. The predicted octanol–water partition coefficient (Wildman–Crippen LogP) is 0.866. The summed E-state index contributed by atoms with van der Waals surface area (Å²) in [6, 6.07) is 8.46. The summed E-state index contributed by atoms with van der Waals surface area (Å²) in [5, 5.41) is 2.75. The molecule has 3 heteroatoms. The molecule has 0 saturated carbocycles. The van der Waals surface area contributed by atoms with E-state index in [1.807, 2.05) is 0 Å². The van der Waals surface area contributed by atoms with Gasteiger partial charge in [-0.1, -0.05) is 31.2 Å². The van der Waals surface area contributed by atoms with Crippen LogP contribution in [0.4, 0.5) is 0 Å². The van der Waals surface area contributed by atoms with Crippen molar-refractivity contribution < 1.29 is 4.79 Å². The van der Waals surface area contributed by atoms with Crippen LogP contribution in [0.1, 0.15) is 18.1 Å². The maximum Gasteiger partial charge on any atom is 0.233 e. The summed E-state index contributed by atoms with van der Waals surface area (Å²) >= 11 is 0. The zero-order valence-electron chi connectivity index (χ0n) is 9.12. The first kappa shape index (κ1) is 11.7. The quantitative estimate of drug-likeness (QED) is 0.751. The van der Waals surface area contributed by atoms with E-state index in [2.05, 4.69) is 36.5 Å². The molecule has 0 spiro atoms. The number of nitrogens with two attached hydrogens (primary N) is 1. The van der Waals surface area contributed by atoms with Crippen LogP contribution in [-0.2, 0) is 17.6 Å². The predicted molar refractivity (Wildman–Crippen MR) is 61.6 cm³/mol. The van der Waals surface area contributed by atoms with Crippen molar-refractivity contribution in [3.63, 3.8) is 0 Å². The second-order valence-electron chi connectivity index (χ2n) is 3.47. The van der Waals surface area contributed by atoms with Crippen molar-refractivity contribution in [2.75, 3.05) is 13.1 Å². The Labute approximate surface area is 90.7 Å². The molecule has 82 valence electrons. The Balaban J connectivity index is 2.34. The molecule has 3 nitrogen and oxygen atoms in total. The van der Waals surface area contributed by atoms with Gasteiger partial charge in [0.2, 0.25) is 5.91 Å². The van der Waals surface area contributed by atoms with Crippen LogP contribution < -0.4 is 11.1 Å². The minimum atomic E-state index is -0.0971. The van der Waals surface area contributed by atoms with Crippen LogP contribution in [0.5, 0.6) is 0 Å². The van der Waals surface area contributed by atoms with Crippen LogP contribution >= 0.6 is 0 Å². The molecule has 0 radical (unpaired) electrons. The van der Waals surface area contributed by atoms with Crippen molar-refractivity contribution in [1.29, 1.82) is 0 Å². The summed E-state index contributed by atoms with van der Waals surface area (Å²) in [4.78, 5) is 10.9. The van der Waals surface area contributed by atoms with Gasteiger partial charge in [-0.3, -0.25) is 4.79 Å². The lowest BCUT2D eigenvalue weighted by Gasteiger charge is -2.04. The van der Waals surface area contributed by atoms with Gasteiger partial charge in [-0.15, -0.1) is 0 Å². The summed E-state index contributed by atoms with van der Waals surface area (Å²) in [5.74, 6) is -0.0971. The third kappa shape index (κ3) is 4.13. The first-order valence-electron chi connectivity index (χ1n) is 5.31. The average Bonchev–Trinajstić information content (AvgIpc) is 2.29. The third-order valence-electron chi connectivity index (χ3n) is 2.35. The van der Waals surface area contributed by atoms with Gasteiger partial charge in [0, 0.05) is 6.54 Å². The Morgan fingerprint density at radius 1 is 1.27 bits per heavy atom. The lowest BCUT2D eigenvalue weighted by Crippen LogP contribution is -2.31. The highest BCUT2D eigenvalue weighted by Crippen LogP contribution is 2.05. The maximum atomic E-state index is 10.9. The highest BCUT2D eigenvalue weighted by molar-refractivity contribution is 5.77. The zero-order chi connectivity index (χ0) is 11.1. The van der Waals surface area contributed by atoms with Crippen molar-refractivity contribution in [2.45, 2.75) is 19.8 Å². The van der Waals surface area contributed by atoms with Gasteiger partial charge in [-0.25, -0.2) is 0 Å². The lowest BCUT2D eigenvalue weighted by molar-refractivity contribution is -0.119. The molecule has 3 N–H and O–H groups in total. The van der Waals surface area contributed by atoms with Gasteiger partial charge in [-0.05, 0) is 24.0 Å². The van der Waals surface area contributed by atoms with Crippen LogP contribution in [0.3, 0.4) is 0 Å². The highest BCUT2D eigenvalue weighted by Gasteiger charge is 1.97. The first-order chi connectivity index (χ1) is 7.26. The van der Waals surface area contributed by atoms with Crippen molar-refractivity contribution >= 4 is 5.91 Å². The van der Waals surface area contributed by atoms with Gasteiger partial charge >= 0.3 is 0 Å². The minimum absolute atomic E-state index is 0.0643. The Morgan fingerprint density at radius 2 is 1.87 bits per heavy atom. The van der Waals surface area contributed by atoms with Crippen molar-refractivity contribution in [1.82, 2.24) is 5.32 Å². The number of benzene rings is 1. The number of carbonyl (C=O) groups is 1. The molecule has 0 aliphatic carbocycles. The molecule has 1 rings (SSSR count). The fourth-order valence-electron chi connectivity index (χ4n) is 1.36. The zero-order valence-corrected chi connectivity index (χ0v) is 9.12. The van der Waals surface area contributed by atoms with Crippen molar-refractivity contribution in [3.8, 4) is 0 Å². The van der Waals surface area contributed by atoms with Gasteiger partial charge in [0.1, 0.15) is 0 Å². The topological polar surface area (TPSA) is 55.1 Å². The highest BCUT2D eigenvalue weighted by atomic mass is 16.1. The van der Waals surface area contributed by atoms with E-state index >= 15 is 0 Å². The first-order valence-corrected chi connectivity index (χ1v) is 5.31. The van der Waals surface area contributed by atoms with E-state index < -0.39 is 0 Å². The van der Waals surface area contributed by atoms with Gasteiger partial charge < -0.3 is 11.1 Å². The van der Waals surface area contributed by atoms with Gasteiger partial charge in [-0.2, -0.15) is 0 Å². The maximum absolute atomic E-state index is 10.9. The number of aryl methyl sites for hydroxylation is 1. The lowest BCUT2D eigenvalue weighted by atomic mass is 10.1. The molecule has 0 heterocycles. The van der Waals surface area contributed by atoms with E-state index in [9.17, 15) is 4.79 Å². The molecule has 15 heavy (non-hydrogen) atoms. The number of hydrogen-bond acceptors (Lipinski definition) is 2. The molecule has 0 aliphatic rings. The molecular formula is C12H18N2O. The van der Waals surface area contributed by atoms with Crippen LogP contribution in [0.2, 0.25) is 0 Å². The summed E-state index contributed by atoms with van der Waals surface area (Å²) < 4.78 is 0. The number of nitrogens with one attached hydrogen (secondary N) is 1.